The van der Waals surface area contributed by atoms with Gasteiger partial charge in [0.2, 0.25) is 5.91 Å². The van der Waals surface area contributed by atoms with Gasteiger partial charge in [-0.25, -0.2) is 0 Å². The molecule has 2 saturated heterocycles. The first-order valence-electron chi connectivity index (χ1n) is 16.5. The SMILES string of the molecule is C[C@H]1[C@H]([Si](C)(C)O)[C@@H](CCn2cc(C(CO)c3ccccc3)nn2)O[C@]12C(=O)N(Cc1ccc(N3CCC3=O)cc1)c1ccc(Br)cc12. The second-order valence-corrected chi connectivity index (χ2v) is 18.6. The summed E-state index contributed by atoms with van der Waals surface area (Å²) >= 11 is 3.63. The van der Waals surface area contributed by atoms with Gasteiger partial charge in [-0.1, -0.05) is 70.5 Å². The van der Waals surface area contributed by atoms with Crippen LogP contribution in [0.1, 0.15) is 48.1 Å². The van der Waals surface area contributed by atoms with Crippen molar-refractivity contribution >= 4 is 47.4 Å². The van der Waals surface area contributed by atoms with E-state index in [1.165, 1.54) is 0 Å². The molecule has 250 valence electrons. The molecule has 2 amide bonds. The van der Waals surface area contributed by atoms with E-state index in [2.05, 4.69) is 26.2 Å². The molecular formula is C36H40BrN5O5Si. The molecule has 2 fully saturated rings. The van der Waals surface area contributed by atoms with Gasteiger partial charge in [0.25, 0.3) is 5.91 Å². The van der Waals surface area contributed by atoms with Crippen LogP contribution in [0.2, 0.25) is 18.6 Å². The van der Waals surface area contributed by atoms with Crippen LogP contribution in [-0.2, 0) is 33.0 Å². The summed E-state index contributed by atoms with van der Waals surface area (Å²) in [5.74, 6) is -0.583. The quantitative estimate of drug-likeness (QED) is 0.167. The minimum absolute atomic E-state index is 0.0866. The number of nitrogens with zero attached hydrogens (tertiary/aromatic N) is 5. The average molecular weight is 731 g/mol. The molecule has 0 aliphatic carbocycles. The Kier molecular flexibility index (Phi) is 8.65. The highest BCUT2D eigenvalue weighted by molar-refractivity contribution is 9.10. The predicted octanol–water partition coefficient (Wildman–Crippen LogP) is 5.34. The molecule has 10 nitrogen and oxygen atoms in total. The molecular weight excluding hydrogens is 690 g/mol. The number of hydrogen-bond acceptors (Lipinski definition) is 7. The molecule has 0 bridgehead atoms. The Bertz CT molecular complexity index is 1830. The highest BCUT2D eigenvalue weighted by Gasteiger charge is 2.66. The molecule has 12 heteroatoms. The largest absolute Gasteiger partial charge is 0.432 e. The van der Waals surface area contributed by atoms with Gasteiger partial charge in [-0.05, 0) is 61.0 Å². The maximum absolute atomic E-state index is 14.7. The van der Waals surface area contributed by atoms with E-state index in [9.17, 15) is 19.5 Å². The van der Waals surface area contributed by atoms with Crippen molar-refractivity contribution in [3.05, 3.63) is 106 Å². The van der Waals surface area contributed by atoms with E-state index in [-0.39, 0.29) is 35.8 Å². The van der Waals surface area contributed by atoms with E-state index in [4.69, 9.17) is 4.74 Å². The van der Waals surface area contributed by atoms with E-state index >= 15 is 0 Å². The standard InChI is InChI=1S/C36H40BrN5O5Si/c1-23-34(48(2,3)46)32(15-17-40-21-30(38-39-40)28(22-43)25-7-5-4-6-8-25)47-36(23)29-19-26(37)11-14-31(29)42(35(36)45)20-24-9-12-27(13-10-24)41-18-16-33(41)44/h4-14,19,21,23,28,32,34,43,46H,15-18,20,22H2,1-3H3/t23-,28?,32+,34-,36+/m0/s1. The van der Waals surface area contributed by atoms with Crippen molar-refractivity contribution in [2.24, 2.45) is 5.92 Å². The molecule has 1 spiro atoms. The van der Waals surface area contributed by atoms with Gasteiger partial charge in [0.15, 0.2) is 13.9 Å². The normalized spacial score (nSPS) is 24.3. The first kappa shape index (κ1) is 32.8. The van der Waals surface area contributed by atoms with Gasteiger partial charge < -0.3 is 24.4 Å². The summed E-state index contributed by atoms with van der Waals surface area (Å²) in [4.78, 5) is 41.9. The van der Waals surface area contributed by atoms with Crippen molar-refractivity contribution in [1.29, 1.82) is 0 Å². The number of carbonyl (C=O) groups excluding carboxylic acids is 2. The van der Waals surface area contributed by atoms with Crippen molar-refractivity contribution in [3.63, 3.8) is 0 Å². The zero-order chi connectivity index (χ0) is 33.8. The number of benzene rings is 3. The van der Waals surface area contributed by atoms with E-state index in [1.54, 1.807) is 14.5 Å². The van der Waals surface area contributed by atoms with Gasteiger partial charge in [-0.15, -0.1) is 5.10 Å². The van der Waals surface area contributed by atoms with E-state index in [0.29, 0.717) is 31.6 Å². The van der Waals surface area contributed by atoms with Crippen LogP contribution in [0.4, 0.5) is 11.4 Å². The zero-order valence-electron chi connectivity index (χ0n) is 27.3. The number of aryl methyl sites for hydroxylation is 1. The number of aromatic nitrogens is 3. The first-order chi connectivity index (χ1) is 23.0. The molecule has 1 aromatic heterocycles. The van der Waals surface area contributed by atoms with Gasteiger partial charge in [-0.2, -0.15) is 0 Å². The van der Waals surface area contributed by atoms with Crippen LogP contribution in [0, 0.1) is 5.92 Å². The molecule has 1 unspecified atom stereocenters. The molecule has 0 radical (unpaired) electrons. The maximum atomic E-state index is 14.7. The number of anilines is 2. The molecule has 4 heterocycles. The number of aliphatic hydroxyl groups is 1. The third-order valence-electron chi connectivity index (χ3n) is 10.3. The van der Waals surface area contributed by atoms with Crippen LogP contribution in [-0.4, -0.2) is 64.3 Å². The summed E-state index contributed by atoms with van der Waals surface area (Å²) in [5.41, 5.74) is 3.58. The molecule has 2 N–H and O–H groups in total. The van der Waals surface area contributed by atoms with Crippen LogP contribution in [0.5, 0.6) is 0 Å². The Balaban J connectivity index is 1.16. The molecule has 3 aliphatic heterocycles. The number of ether oxygens (including phenoxy) is 1. The summed E-state index contributed by atoms with van der Waals surface area (Å²) in [5, 5.41) is 18.9. The fourth-order valence-corrected chi connectivity index (χ4v) is 10.9. The Hall–Kier alpha value is -3.68. The predicted molar refractivity (Wildman–Crippen MR) is 188 cm³/mol. The highest BCUT2D eigenvalue weighted by Crippen LogP contribution is 2.60. The minimum Gasteiger partial charge on any atom is -0.432 e. The lowest BCUT2D eigenvalue weighted by Crippen LogP contribution is -2.46. The van der Waals surface area contributed by atoms with Crippen LogP contribution in [0.3, 0.4) is 0 Å². The van der Waals surface area contributed by atoms with Crippen LogP contribution in [0.15, 0.2) is 83.5 Å². The number of rotatable bonds is 10. The number of fused-ring (bicyclic) bond motifs is 2. The second kappa shape index (κ2) is 12.6. The summed E-state index contributed by atoms with van der Waals surface area (Å²) in [6.45, 7) is 7.35. The van der Waals surface area contributed by atoms with E-state index in [1.807, 2.05) is 99.0 Å². The Morgan fingerprint density at radius 1 is 1.08 bits per heavy atom. The molecule has 48 heavy (non-hydrogen) atoms. The van der Waals surface area contributed by atoms with Gasteiger partial charge >= 0.3 is 0 Å². The smallest absolute Gasteiger partial charge is 0.264 e. The van der Waals surface area contributed by atoms with Crippen molar-refractivity contribution in [3.8, 4) is 0 Å². The number of hydrogen-bond donors (Lipinski definition) is 2. The Labute approximate surface area is 289 Å². The van der Waals surface area contributed by atoms with Gasteiger partial charge in [0.05, 0.1) is 36.6 Å². The number of carbonyl (C=O) groups is 2. The number of amides is 2. The van der Waals surface area contributed by atoms with Crippen molar-refractivity contribution in [2.45, 2.75) is 69.1 Å². The van der Waals surface area contributed by atoms with Crippen LogP contribution >= 0.6 is 15.9 Å². The minimum atomic E-state index is -2.84. The molecule has 3 aromatic carbocycles. The summed E-state index contributed by atoms with van der Waals surface area (Å²) in [6.07, 6.45) is 2.56. The lowest BCUT2D eigenvalue weighted by molar-refractivity contribution is -0.146. The number of aliphatic hydroxyl groups excluding tert-OH is 1. The molecule has 4 aromatic rings. The third-order valence-corrected chi connectivity index (χ3v) is 13.3. The van der Waals surface area contributed by atoms with Crippen LogP contribution < -0.4 is 9.80 Å². The number of halogens is 1. The van der Waals surface area contributed by atoms with Gasteiger partial charge in [0.1, 0.15) is 0 Å². The molecule has 7 rings (SSSR count). The second-order valence-electron chi connectivity index (χ2n) is 13.7. The Morgan fingerprint density at radius 2 is 1.83 bits per heavy atom. The molecule has 3 aliphatic rings. The van der Waals surface area contributed by atoms with Gasteiger partial charge in [0, 0.05) is 52.9 Å². The molecule has 5 atom stereocenters. The Morgan fingerprint density at radius 3 is 2.48 bits per heavy atom. The zero-order valence-corrected chi connectivity index (χ0v) is 29.9. The summed E-state index contributed by atoms with van der Waals surface area (Å²) < 4.78 is 9.60. The van der Waals surface area contributed by atoms with Crippen molar-refractivity contribution in [2.75, 3.05) is 23.0 Å². The fraction of sp³-hybridized carbons (Fsp3) is 0.389. The van der Waals surface area contributed by atoms with Crippen molar-refractivity contribution < 1.29 is 24.2 Å². The van der Waals surface area contributed by atoms with Gasteiger partial charge in [-0.3, -0.25) is 14.3 Å². The topological polar surface area (TPSA) is 121 Å². The highest BCUT2D eigenvalue weighted by atomic mass is 79.9. The van der Waals surface area contributed by atoms with E-state index < -0.39 is 20.0 Å². The average Bonchev–Trinajstić information content (AvgIpc) is 3.71. The van der Waals surface area contributed by atoms with E-state index in [0.717, 1.165) is 39.1 Å². The maximum Gasteiger partial charge on any atom is 0.264 e. The van der Waals surface area contributed by atoms with Crippen LogP contribution in [0.25, 0.3) is 0 Å². The summed E-state index contributed by atoms with van der Waals surface area (Å²) in [6, 6.07) is 23.4. The first-order valence-corrected chi connectivity index (χ1v) is 20.3. The molecule has 0 saturated carbocycles. The lowest BCUT2D eigenvalue weighted by Gasteiger charge is -2.32. The number of β-lactam (4-membered cyclic amide) rings is 1. The lowest BCUT2D eigenvalue weighted by atomic mass is 9.82. The van der Waals surface area contributed by atoms with Crippen molar-refractivity contribution in [1.82, 2.24) is 15.0 Å². The monoisotopic (exact) mass is 729 g/mol. The summed E-state index contributed by atoms with van der Waals surface area (Å²) in [7, 11) is -2.84. The fourth-order valence-electron chi connectivity index (χ4n) is 7.93. The third kappa shape index (κ3) is 5.63.